The number of nitrogens with zero attached hydrogens (tertiary/aromatic N) is 2. The lowest BCUT2D eigenvalue weighted by atomic mass is 10.1. The second-order valence-corrected chi connectivity index (χ2v) is 7.86. The molecule has 3 nitrogen and oxygen atoms in total. The van der Waals surface area contributed by atoms with Gasteiger partial charge in [0.15, 0.2) is 6.20 Å². The summed E-state index contributed by atoms with van der Waals surface area (Å²) in [5.41, 5.74) is 6.56. The number of allylic oxidation sites excluding steroid dienone is 2. The average Bonchev–Trinajstić information content (AvgIpc) is 3.11. The van der Waals surface area contributed by atoms with Crippen molar-refractivity contribution in [1.29, 1.82) is 0 Å². The van der Waals surface area contributed by atoms with Crippen LogP contribution in [0.1, 0.15) is 50.7 Å². The van der Waals surface area contributed by atoms with Crippen LogP contribution in [0.2, 0.25) is 0 Å². The molecule has 1 aromatic heterocycles. The number of likely N-dealkylation sites (N-methyl/N-ethyl adjacent to an activating group) is 1. The van der Waals surface area contributed by atoms with E-state index in [9.17, 15) is 5.11 Å². The maximum absolute atomic E-state index is 9.23. The van der Waals surface area contributed by atoms with Gasteiger partial charge in [-0.15, -0.1) is 0 Å². The fourth-order valence-electron chi connectivity index (χ4n) is 4.20. The minimum Gasteiger partial charge on any atom is -0.513 e. The number of aliphatic hydroxyl groups is 1. The molecule has 2 aromatic carbocycles. The molecule has 0 amide bonds. The lowest BCUT2D eigenvalue weighted by Gasteiger charge is -2.15. The Balaban J connectivity index is 0.00000132. The monoisotopic (exact) mass is 415 g/mol. The van der Waals surface area contributed by atoms with Crippen LogP contribution in [-0.2, 0) is 13.0 Å². The van der Waals surface area contributed by atoms with Crippen molar-refractivity contribution in [2.45, 2.75) is 52.5 Å². The van der Waals surface area contributed by atoms with Crippen molar-refractivity contribution < 1.29 is 9.67 Å². The van der Waals surface area contributed by atoms with E-state index >= 15 is 0 Å². The number of pyridine rings is 1. The summed E-state index contributed by atoms with van der Waals surface area (Å²) in [6, 6.07) is 19.5. The number of rotatable bonds is 7. The molecule has 0 saturated carbocycles. The predicted octanol–water partition coefficient (Wildman–Crippen LogP) is 6.82. The number of para-hydroxylation sites is 2. The molecule has 0 aliphatic carbocycles. The number of aryl methyl sites for hydroxylation is 1. The summed E-state index contributed by atoms with van der Waals surface area (Å²) in [6.07, 6.45) is 9.41. The van der Waals surface area contributed by atoms with Gasteiger partial charge in [0.25, 0.3) is 0 Å². The second kappa shape index (κ2) is 10.8. The smallest absolute Gasteiger partial charge is 0.213 e. The van der Waals surface area contributed by atoms with Gasteiger partial charge in [-0.3, -0.25) is 0 Å². The number of hydrogen-bond donors (Lipinski definition) is 1. The number of unbranched alkanes of at least 4 members (excludes halogenated alkanes) is 2. The van der Waals surface area contributed by atoms with E-state index in [0.717, 1.165) is 32.2 Å². The van der Waals surface area contributed by atoms with Crippen molar-refractivity contribution in [2.75, 3.05) is 11.9 Å². The Labute approximate surface area is 187 Å². The van der Waals surface area contributed by atoms with Gasteiger partial charge in [-0.25, -0.2) is 0 Å². The second-order valence-electron chi connectivity index (χ2n) is 7.86. The molecule has 0 fully saturated rings. The molecule has 162 valence electrons. The first-order chi connectivity index (χ1) is 15.1. The lowest BCUT2D eigenvalue weighted by Crippen LogP contribution is -2.34. The molecule has 31 heavy (non-hydrogen) atoms. The largest absolute Gasteiger partial charge is 0.513 e. The third-order valence-corrected chi connectivity index (χ3v) is 5.80. The topological polar surface area (TPSA) is 27.4 Å². The molecule has 1 aliphatic rings. The van der Waals surface area contributed by atoms with Gasteiger partial charge >= 0.3 is 0 Å². The van der Waals surface area contributed by atoms with Gasteiger partial charge in [0.05, 0.1) is 11.1 Å². The molecule has 0 radical (unpaired) electrons. The van der Waals surface area contributed by atoms with Crippen molar-refractivity contribution in [3.63, 3.8) is 0 Å². The predicted molar refractivity (Wildman–Crippen MR) is 132 cm³/mol. The number of anilines is 1. The van der Waals surface area contributed by atoms with Crippen LogP contribution in [0.4, 0.5) is 5.69 Å². The van der Waals surface area contributed by atoms with Gasteiger partial charge < -0.3 is 10.0 Å². The molecule has 4 rings (SSSR count). The zero-order valence-electron chi connectivity index (χ0n) is 19.1. The highest BCUT2D eigenvalue weighted by molar-refractivity contribution is 5.87. The standard InChI is InChI=1S/C26H28N2O.C2H6/c1-20(29)10-4-3-9-16-28-17-15-21(24-12-6-8-14-26(24)28)18-23-19-22-11-5-7-13-25(22)27(23)2;1-2/h5-8,11-15,17-18H,1,3-4,9-10,16,19H2,2H3;1-2H3/p+1. The average molecular weight is 416 g/mol. The summed E-state index contributed by atoms with van der Waals surface area (Å²) in [6.45, 7) is 8.55. The van der Waals surface area contributed by atoms with Crippen molar-refractivity contribution in [3.8, 4) is 0 Å². The Kier molecular flexibility index (Phi) is 7.88. The third-order valence-electron chi connectivity index (χ3n) is 5.80. The van der Waals surface area contributed by atoms with Gasteiger partial charge in [0.2, 0.25) is 5.52 Å². The summed E-state index contributed by atoms with van der Waals surface area (Å²) in [5, 5.41) is 10.5. The summed E-state index contributed by atoms with van der Waals surface area (Å²) < 4.78 is 2.35. The SMILES string of the molecule is C=C(O)CCCCC[n+]1ccc(/C=C2\Cc3ccccc3N2C)c2ccccc21.CC. The Morgan fingerprint density at radius 1 is 1.03 bits per heavy atom. The van der Waals surface area contributed by atoms with E-state index in [0.29, 0.717) is 12.2 Å². The van der Waals surface area contributed by atoms with Crippen LogP contribution in [0.25, 0.3) is 17.0 Å². The molecular formula is C28H35N2O+. The van der Waals surface area contributed by atoms with E-state index in [1.54, 1.807) is 0 Å². The van der Waals surface area contributed by atoms with Crippen LogP contribution in [0.5, 0.6) is 0 Å². The van der Waals surface area contributed by atoms with Gasteiger partial charge in [-0.1, -0.05) is 50.8 Å². The van der Waals surface area contributed by atoms with Crippen molar-refractivity contribution in [2.24, 2.45) is 0 Å². The molecular weight excluding hydrogens is 380 g/mol. The summed E-state index contributed by atoms with van der Waals surface area (Å²) in [5.74, 6) is 0.291. The normalized spacial score (nSPS) is 13.8. The number of benzene rings is 2. The van der Waals surface area contributed by atoms with E-state index in [2.05, 4.69) is 90.0 Å². The van der Waals surface area contributed by atoms with Gasteiger partial charge in [0, 0.05) is 49.8 Å². The third kappa shape index (κ3) is 5.35. The van der Waals surface area contributed by atoms with Gasteiger partial charge in [-0.05, 0) is 42.2 Å². The zero-order chi connectivity index (χ0) is 22.2. The molecule has 0 atom stereocenters. The molecule has 1 aliphatic heterocycles. The molecule has 1 N–H and O–H groups in total. The van der Waals surface area contributed by atoms with Crippen LogP contribution in [-0.4, -0.2) is 12.2 Å². The number of aliphatic hydroxyl groups excluding tert-OH is 1. The van der Waals surface area contributed by atoms with E-state index < -0.39 is 0 Å². The van der Waals surface area contributed by atoms with Crippen molar-refractivity contribution in [3.05, 3.63) is 90.0 Å². The van der Waals surface area contributed by atoms with E-state index in [1.807, 2.05) is 13.8 Å². The molecule has 0 saturated heterocycles. The number of hydrogen-bond acceptors (Lipinski definition) is 2. The Bertz CT molecular complexity index is 1070. The lowest BCUT2D eigenvalue weighted by molar-refractivity contribution is -0.671. The fourth-order valence-corrected chi connectivity index (χ4v) is 4.20. The Hall–Kier alpha value is -3.07. The summed E-state index contributed by atoms with van der Waals surface area (Å²) >= 11 is 0. The quantitative estimate of drug-likeness (QED) is 0.260. The molecule has 3 heteroatoms. The van der Waals surface area contributed by atoms with E-state index in [4.69, 9.17) is 0 Å². The van der Waals surface area contributed by atoms with Crippen LogP contribution in [0, 0.1) is 0 Å². The van der Waals surface area contributed by atoms with Crippen molar-refractivity contribution >= 4 is 22.7 Å². The first kappa shape index (κ1) is 22.6. The fraction of sp³-hybridized carbons (Fsp3) is 0.321. The van der Waals surface area contributed by atoms with Gasteiger partial charge in [-0.2, -0.15) is 4.57 Å². The molecule has 0 bridgehead atoms. The maximum Gasteiger partial charge on any atom is 0.213 e. The minimum atomic E-state index is 0.291. The molecule has 3 aromatic rings. The molecule has 2 heterocycles. The van der Waals surface area contributed by atoms with Crippen LogP contribution in [0.3, 0.4) is 0 Å². The minimum absolute atomic E-state index is 0.291. The highest BCUT2D eigenvalue weighted by atomic mass is 16.3. The summed E-state index contributed by atoms with van der Waals surface area (Å²) in [4.78, 5) is 2.31. The van der Waals surface area contributed by atoms with Crippen LogP contribution in [0.15, 0.2) is 78.8 Å². The van der Waals surface area contributed by atoms with E-state index in [1.165, 1.54) is 33.4 Å². The number of aromatic nitrogens is 1. The maximum atomic E-state index is 9.23. The molecule has 0 spiro atoms. The van der Waals surface area contributed by atoms with Crippen LogP contribution >= 0.6 is 0 Å². The highest BCUT2D eigenvalue weighted by Gasteiger charge is 2.21. The molecule has 0 unspecified atom stereocenters. The Morgan fingerprint density at radius 3 is 2.55 bits per heavy atom. The van der Waals surface area contributed by atoms with E-state index in [-0.39, 0.29) is 0 Å². The number of fused-ring (bicyclic) bond motifs is 2. The Morgan fingerprint density at radius 2 is 1.77 bits per heavy atom. The highest BCUT2D eigenvalue weighted by Crippen LogP contribution is 2.34. The summed E-state index contributed by atoms with van der Waals surface area (Å²) in [7, 11) is 2.16. The first-order valence-corrected chi connectivity index (χ1v) is 11.4. The first-order valence-electron chi connectivity index (χ1n) is 11.4. The van der Waals surface area contributed by atoms with Crippen molar-refractivity contribution in [1.82, 2.24) is 0 Å². The zero-order valence-corrected chi connectivity index (χ0v) is 19.1. The van der Waals surface area contributed by atoms with Gasteiger partial charge in [0.1, 0.15) is 6.54 Å². The van der Waals surface area contributed by atoms with Crippen LogP contribution < -0.4 is 9.47 Å².